The third-order valence-electron chi connectivity index (χ3n) is 7.81. The molecule has 3 nitrogen and oxygen atoms in total. The lowest BCUT2D eigenvalue weighted by Gasteiger charge is -2.50. The Kier molecular flexibility index (Phi) is 4.73. The number of rotatable bonds is 6. The van der Waals surface area contributed by atoms with E-state index in [1.807, 2.05) is 0 Å². The van der Waals surface area contributed by atoms with E-state index < -0.39 is 0 Å². The van der Waals surface area contributed by atoms with Crippen molar-refractivity contribution in [3.63, 3.8) is 0 Å². The first-order valence-corrected chi connectivity index (χ1v) is 10.7. The summed E-state index contributed by atoms with van der Waals surface area (Å²) in [7, 11) is 0. The van der Waals surface area contributed by atoms with Crippen molar-refractivity contribution >= 4 is 0 Å². The Labute approximate surface area is 149 Å². The van der Waals surface area contributed by atoms with Crippen LogP contribution in [0, 0.1) is 16.7 Å². The standard InChI is InChI=1S/C21H39N3/c1-4-20(7-8-20)14-22-10-5-19(6-11-22)13-23-15-21(16-23)9-12-24(17-21)18(2)3/h18-19H,4-17H2,1-3H3. The predicted molar refractivity (Wildman–Crippen MR) is 101 cm³/mol. The Morgan fingerprint density at radius 2 is 1.62 bits per heavy atom. The molecule has 0 amide bonds. The van der Waals surface area contributed by atoms with Gasteiger partial charge in [0.05, 0.1) is 0 Å². The maximum absolute atomic E-state index is 2.78. The third kappa shape index (κ3) is 3.54. The molecule has 4 aliphatic rings. The molecule has 1 aliphatic carbocycles. The Morgan fingerprint density at radius 3 is 2.17 bits per heavy atom. The molecular formula is C21H39N3. The van der Waals surface area contributed by atoms with Crippen LogP contribution in [0.4, 0.5) is 0 Å². The van der Waals surface area contributed by atoms with Crippen LogP contribution in [0.3, 0.4) is 0 Å². The second-order valence-corrected chi connectivity index (χ2v) is 10.1. The summed E-state index contributed by atoms with van der Waals surface area (Å²) in [6, 6.07) is 0.737. The fraction of sp³-hybridized carbons (Fsp3) is 1.00. The molecular weight excluding hydrogens is 294 g/mol. The van der Waals surface area contributed by atoms with Gasteiger partial charge in [0.1, 0.15) is 0 Å². The van der Waals surface area contributed by atoms with Crippen LogP contribution < -0.4 is 0 Å². The SMILES string of the molecule is CCC1(CN2CCC(CN3CC4(CCN(C(C)C)C4)C3)CC2)CC1. The minimum atomic E-state index is 0.671. The Bertz CT molecular complexity index is 428. The van der Waals surface area contributed by atoms with Crippen LogP contribution in [-0.4, -0.2) is 73.1 Å². The molecule has 3 heterocycles. The van der Waals surface area contributed by atoms with Crippen molar-refractivity contribution in [2.24, 2.45) is 16.7 Å². The molecule has 0 atom stereocenters. The summed E-state index contributed by atoms with van der Waals surface area (Å²) >= 11 is 0. The topological polar surface area (TPSA) is 9.72 Å². The summed E-state index contributed by atoms with van der Waals surface area (Å²) in [6.07, 6.45) is 8.72. The Balaban J connectivity index is 1.16. The average molecular weight is 334 g/mol. The summed E-state index contributed by atoms with van der Waals surface area (Å²) in [5.74, 6) is 0.970. The molecule has 0 aromatic heterocycles. The van der Waals surface area contributed by atoms with Gasteiger partial charge in [0.25, 0.3) is 0 Å². The number of hydrogen-bond donors (Lipinski definition) is 0. The molecule has 3 heteroatoms. The van der Waals surface area contributed by atoms with Gasteiger partial charge in [0.2, 0.25) is 0 Å². The minimum absolute atomic E-state index is 0.671. The van der Waals surface area contributed by atoms with Crippen molar-refractivity contribution in [2.75, 3.05) is 52.4 Å². The van der Waals surface area contributed by atoms with Gasteiger partial charge in [-0.2, -0.15) is 0 Å². The van der Waals surface area contributed by atoms with E-state index in [1.165, 1.54) is 90.9 Å². The van der Waals surface area contributed by atoms with E-state index >= 15 is 0 Å². The molecule has 24 heavy (non-hydrogen) atoms. The van der Waals surface area contributed by atoms with Crippen LogP contribution in [0.2, 0.25) is 0 Å². The minimum Gasteiger partial charge on any atom is -0.303 e. The van der Waals surface area contributed by atoms with Crippen LogP contribution in [0.1, 0.15) is 59.3 Å². The predicted octanol–water partition coefficient (Wildman–Crippen LogP) is 3.30. The highest BCUT2D eigenvalue weighted by molar-refractivity contribution is 5.02. The summed E-state index contributed by atoms with van der Waals surface area (Å²) in [5.41, 5.74) is 1.41. The fourth-order valence-corrected chi connectivity index (χ4v) is 5.67. The zero-order valence-electron chi connectivity index (χ0n) is 16.4. The highest BCUT2D eigenvalue weighted by Gasteiger charge is 2.48. The molecule has 0 aromatic carbocycles. The van der Waals surface area contributed by atoms with Gasteiger partial charge in [0, 0.05) is 44.2 Å². The van der Waals surface area contributed by atoms with Crippen LogP contribution >= 0.6 is 0 Å². The van der Waals surface area contributed by atoms with Crippen LogP contribution in [0.5, 0.6) is 0 Å². The average Bonchev–Trinajstić information content (AvgIpc) is 3.16. The monoisotopic (exact) mass is 333 g/mol. The highest BCUT2D eigenvalue weighted by Crippen LogP contribution is 2.49. The lowest BCUT2D eigenvalue weighted by Crippen LogP contribution is -2.59. The van der Waals surface area contributed by atoms with Gasteiger partial charge in [-0.3, -0.25) is 0 Å². The van der Waals surface area contributed by atoms with E-state index in [0.717, 1.165) is 17.4 Å². The van der Waals surface area contributed by atoms with E-state index in [1.54, 1.807) is 0 Å². The lowest BCUT2D eigenvalue weighted by molar-refractivity contribution is -0.0121. The summed E-state index contributed by atoms with van der Waals surface area (Å²) < 4.78 is 0. The number of piperidine rings is 1. The third-order valence-corrected chi connectivity index (χ3v) is 7.81. The van der Waals surface area contributed by atoms with Crippen LogP contribution in [0.25, 0.3) is 0 Å². The molecule has 138 valence electrons. The molecule has 0 N–H and O–H groups in total. The quantitative estimate of drug-likeness (QED) is 0.738. The Morgan fingerprint density at radius 1 is 0.917 bits per heavy atom. The lowest BCUT2D eigenvalue weighted by atomic mass is 9.78. The summed E-state index contributed by atoms with van der Waals surface area (Å²) in [6.45, 7) is 18.1. The molecule has 1 saturated carbocycles. The molecule has 1 spiro atoms. The Hall–Kier alpha value is -0.120. The molecule has 4 rings (SSSR count). The van der Waals surface area contributed by atoms with Crippen molar-refractivity contribution < 1.29 is 0 Å². The molecule has 0 unspecified atom stereocenters. The number of hydrogen-bond acceptors (Lipinski definition) is 3. The van der Waals surface area contributed by atoms with Crippen molar-refractivity contribution in [2.45, 2.75) is 65.3 Å². The van der Waals surface area contributed by atoms with Crippen molar-refractivity contribution in [3.05, 3.63) is 0 Å². The molecule has 0 radical (unpaired) electrons. The van der Waals surface area contributed by atoms with E-state index in [2.05, 4.69) is 35.5 Å². The molecule has 3 aliphatic heterocycles. The van der Waals surface area contributed by atoms with E-state index in [0.29, 0.717) is 5.41 Å². The summed E-state index contributed by atoms with van der Waals surface area (Å²) in [4.78, 5) is 8.25. The van der Waals surface area contributed by atoms with Gasteiger partial charge in [-0.05, 0) is 83.3 Å². The number of likely N-dealkylation sites (tertiary alicyclic amines) is 3. The molecule has 3 saturated heterocycles. The molecule has 0 bridgehead atoms. The van der Waals surface area contributed by atoms with Gasteiger partial charge in [-0.25, -0.2) is 0 Å². The maximum Gasteiger partial charge on any atom is 0.00970 e. The second-order valence-electron chi connectivity index (χ2n) is 10.1. The van der Waals surface area contributed by atoms with E-state index in [-0.39, 0.29) is 0 Å². The molecule has 0 aromatic rings. The smallest absolute Gasteiger partial charge is 0.00970 e. The van der Waals surface area contributed by atoms with Crippen molar-refractivity contribution in [1.29, 1.82) is 0 Å². The van der Waals surface area contributed by atoms with Gasteiger partial charge in [-0.15, -0.1) is 0 Å². The zero-order chi connectivity index (χ0) is 16.8. The van der Waals surface area contributed by atoms with E-state index in [4.69, 9.17) is 0 Å². The van der Waals surface area contributed by atoms with Gasteiger partial charge >= 0.3 is 0 Å². The maximum atomic E-state index is 2.78. The van der Waals surface area contributed by atoms with Crippen LogP contribution in [0.15, 0.2) is 0 Å². The highest BCUT2D eigenvalue weighted by atomic mass is 15.3. The zero-order valence-corrected chi connectivity index (χ0v) is 16.4. The van der Waals surface area contributed by atoms with Crippen LogP contribution in [-0.2, 0) is 0 Å². The van der Waals surface area contributed by atoms with Gasteiger partial charge < -0.3 is 14.7 Å². The first kappa shape index (κ1) is 17.3. The molecule has 4 fully saturated rings. The van der Waals surface area contributed by atoms with Gasteiger partial charge in [0.15, 0.2) is 0 Å². The first-order chi connectivity index (χ1) is 11.5. The largest absolute Gasteiger partial charge is 0.303 e. The van der Waals surface area contributed by atoms with E-state index in [9.17, 15) is 0 Å². The number of nitrogens with zero attached hydrogens (tertiary/aromatic N) is 3. The first-order valence-electron chi connectivity index (χ1n) is 10.7. The van der Waals surface area contributed by atoms with Gasteiger partial charge in [-0.1, -0.05) is 6.92 Å². The van der Waals surface area contributed by atoms with Crippen molar-refractivity contribution in [3.8, 4) is 0 Å². The van der Waals surface area contributed by atoms with Crippen molar-refractivity contribution in [1.82, 2.24) is 14.7 Å². The normalized spacial score (nSPS) is 31.0. The summed E-state index contributed by atoms with van der Waals surface area (Å²) in [5, 5.41) is 0. The second kappa shape index (κ2) is 6.55. The fourth-order valence-electron chi connectivity index (χ4n) is 5.67.